The number of amides is 2. The first-order valence-corrected chi connectivity index (χ1v) is 6.49. The number of nitrogens with one attached hydrogen (secondary N) is 2. The number of benzene rings is 1. The lowest BCUT2D eigenvalue weighted by Gasteiger charge is -2.15. The van der Waals surface area contributed by atoms with E-state index in [0.29, 0.717) is 17.4 Å². The Morgan fingerprint density at radius 2 is 1.90 bits per heavy atom. The summed E-state index contributed by atoms with van der Waals surface area (Å²) in [6, 6.07) is 6.62. The summed E-state index contributed by atoms with van der Waals surface area (Å²) in [5, 5.41) is 0.581. The third-order valence-electron chi connectivity index (χ3n) is 2.26. The van der Waals surface area contributed by atoms with Crippen LogP contribution < -0.4 is 15.6 Å². The Kier molecular flexibility index (Phi) is 6.83. The minimum absolute atomic E-state index is 0.108. The molecule has 0 fully saturated rings. The predicted octanol–water partition coefficient (Wildman–Crippen LogP) is 1.29. The summed E-state index contributed by atoms with van der Waals surface area (Å²) in [6.07, 6.45) is -0.761. The van der Waals surface area contributed by atoms with Crippen LogP contribution in [-0.2, 0) is 14.3 Å². The number of halogens is 1. The van der Waals surface area contributed by atoms with E-state index in [4.69, 9.17) is 21.1 Å². The van der Waals surface area contributed by atoms with Gasteiger partial charge in [-0.25, -0.2) is 0 Å². The number of carbonyl (C=O) groups is 2. The van der Waals surface area contributed by atoms with Crippen molar-refractivity contribution in [2.75, 3.05) is 13.2 Å². The highest BCUT2D eigenvalue weighted by Gasteiger charge is 2.15. The Morgan fingerprint density at radius 1 is 1.25 bits per heavy atom. The quantitative estimate of drug-likeness (QED) is 0.776. The number of hydrogen-bond donors (Lipinski definition) is 2. The molecule has 1 aromatic carbocycles. The smallest absolute Gasteiger partial charge is 0.279 e. The zero-order valence-electron chi connectivity index (χ0n) is 11.3. The standard InChI is InChI=1S/C13H17ClN2O4/c1-3-19-8-12(17)15-16-13(18)9(2)20-11-6-4-10(14)5-7-11/h4-7,9H,3,8H2,1-2H3,(H,15,17)(H,16,18). The van der Waals surface area contributed by atoms with Crippen molar-refractivity contribution in [3.05, 3.63) is 29.3 Å². The zero-order valence-corrected chi connectivity index (χ0v) is 12.1. The summed E-state index contributed by atoms with van der Waals surface area (Å²) in [7, 11) is 0. The summed E-state index contributed by atoms with van der Waals surface area (Å²) >= 11 is 5.74. The molecule has 0 aromatic heterocycles. The van der Waals surface area contributed by atoms with Crippen LogP contribution in [0.3, 0.4) is 0 Å². The molecule has 110 valence electrons. The molecule has 1 unspecified atom stereocenters. The van der Waals surface area contributed by atoms with Crippen LogP contribution in [0, 0.1) is 0 Å². The Labute approximate surface area is 122 Å². The van der Waals surface area contributed by atoms with Gasteiger partial charge in [-0.1, -0.05) is 11.6 Å². The Balaban J connectivity index is 2.35. The molecule has 0 bridgehead atoms. The number of carbonyl (C=O) groups excluding carboxylic acids is 2. The van der Waals surface area contributed by atoms with Gasteiger partial charge in [0.05, 0.1) is 0 Å². The summed E-state index contributed by atoms with van der Waals surface area (Å²) in [5.41, 5.74) is 4.48. The van der Waals surface area contributed by atoms with Gasteiger partial charge in [0.25, 0.3) is 11.8 Å². The van der Waals surface area contributed by atoms with Gasteiger partial charge in [-0.05, 0) is 38.1 Å². The van der Waals surface area contributed by atoms with Crippen LogP contribution in [0.25, 0.3) is 0 Å². The molecule has 0 aliphatic heterocycles. The monoisotopic (exact) mass is 300 g/mol. The third kappa shape index (κ3) is 5.90. The fourth-order valence-corrected chi connectivity index (χ4v) is 1.36. The van der Waals surface area contributed by atoms with Gasteiger partial charge >= 0.3 is 0 Å². The van der Waals surface area contributed by atoms with Gasteiger partial charge in [-0.2, -0.15) is 0 Å². The Hall–Kier alpha value is -1.79. The topological polar surface area (TPSA) is 76.7 Å². The first-order valence-electron chi connectivity index (χ1n) is 6.11. The van der Waals surface area contributed by atoms with Gasteiger partial charge in [0.1, 0.15) is 12.4 Å². The van der Waals surface area contributed by atoms with Crippen LogP contribution in [-0.4, -0.2) is 31.1 Å². The van der Waals surface area contributed by atoms with E-state index in [1.165, 1.54) is 0 Å². The number of hydrazine groups is 1. The number of ether oxygens (including phenoxy) is 2. The van der Waals surface area contributed by atoms with E-state index >= 15 is 0 Å². The maximum atomic E-state index is 11.7. The van der Waals surface area contributed by atoms with Gasteiger partial charge < -0.3 is 9.47 Å². The molecule has 0 saturated carbocycles. The van der Waals surface area contributed by atoms with Crippen molar-refractivity contribution < 1.29 is 19.1 Å². The second-order valence-corrected chi connectivity index (χ2v) is 4.32. The normalized spacial score (nSPS) is 11.6. The molecule has 0 aliphatic rings. The molecule has 0 radical (unpaired) electrons. The fraction of sp³-hybridized carbons (Fsp3) is 0.385. The van der Waals surface area contributed by atoms with Gasteiger partial charge in [0.15, 0.2) is 6.10 Å². The Morgan fingerprint density at radius 3 is 2.50 bits per heavy atom. The second kappa shape index (κ2) is 8.39. The maximum absolute atomic E-state index is 11.7. The molecule has 0 heterocycles. The van der Waals surface area contributed by atoms with Gasteiger partial charge in [-0.3, -0.25) is 20.4 Å². The van der Waals surface area contributed by atoms with Gasteiger partial charge in [0.2, 0.25) is 0 Å². The summed E-state index contributed by atoms with van der Waals surface area (Å²) < 4.78 is 10.3. The second-order valence-electron chi connectivity index (χ2n) is 3.89. The van der Waals surface area contributed by atoms with E-state index in [2.05, 4.69) is 10.9 Å². The molecule has 7 heteroatoms. The average Bonchev–Trinajstić information content (AvgIpc) is 2.44. The van der Waals surface area contributed by atoms with Crippen molar-refractivity contribution in [3.63, 3.8) is 0 Å². The van der Waals surface area contributed by atoms with E-state index in [0.717, 1.165) is 0 Å². The summed E-state index contributed by atoms with van der Waals surface area (Å²) in [6.45, 7) is 3.66. The SMILES string of the molecule is CCOCC(=O)NNC(=O)C(C)Oc1ccc(Cl)cc1. The lowest BCUT2D eigenvalue weighted by molar-refractivity contribution is -0.134. The minimum atomic E-state index is -0.761. The molecular formula is C13H17ClN2O4. The lowest BCUT2D eigenvalue weighted by atomic mass is 10.3. The lowest BCUT2D eigenvalue weighted by Crippen LogP contribution is -2.48. The summed E-state index contributed by atoms with van der Waals surface area (Å²) in [5.74, 6) is -0.388. The number of rotatable bonds is 6. The van der Waals surface area contributed by atoms with Crippen molar-refractivity contribution in [2.24, 2.45) is 0 Å². The van der Waals surface area contributed by atoms with E-state index < -0.39 is 17.9 Å². The molecule has 1 rings (SSSR count). The molecule has 2 N–H and O–H groups in total. The first-order chi connectivity index (χ1) is 9.52. The maximum Gasteiger partial charge on any atom is 0.279 e. The van der Waals surface area contributed by atoms with Gasteiger partial charge in [0, 0.05) is 11.6 Å². The van der Waals surface area contributed by atoms with Crippen LogP contribution in [0.1, 0.15) is 13.8 Å². The average molecular weight is 301 g/mol. The van der Waals surface area contributed by atoms with Crippen molar-refractivity contribution in [1.29, 1.82) is 0 Å². The Bertz CT molecular complexity index is 450. The van der Waals surface area contributed by atoms with Crippen molar-refractivity contribution in [1.82, 2.24) is 10.9 Å². The molecule has 1 atom stereocenters. The molecular weight excluding hydrogens is 284 g/mol. The highest BCUT2D eigenvalue weighted by molar-refractivity contribution is 6.30. The molecule has 0 aliphatic carbocycles. The predicted molar refractivity (Wildman–Crippen MR) is 74.3 cm³/mol. The fourth-order valence-electron chi connectivity index (χ4n) is 1.23. The number of hydrogen-bond acceptors (Lipinski definition) is 4. The van der Waals surface area contributed by atoms with E-state index in [1.54, 1.807) is 38.1 Å². The highest BCUT2D eigenvalue weighted by atomic mass is 35.5. The van der Waals surface area contributed by atoms with Crippen LogP contribution in [0.15, 0.2) is 24.3 Å². The van der Waals surface area contributed by atoms with E-state index in [9.17, 15) is 9.59 Å². The van der Waals surface area contributed by atoms with Crippen molar-refractivity contribution in [3.8, 4) is 5.75 Å². The molecule has 2 amide bonds. The van der Waals surface area contributed by atoms with Crippen LogP contribution in [0.4, 0.5) is 0 Å². The zero-order chi connectivity index (χ0) is 15.0. The minimum Gasteiger partial charge on any atom is -0.481 e. The highest BCUT2D eigenvalue weighted by Crippen LogP contribution is 2.16. The van der Waals surface area contributed by atoms with Crippen LogP contribution in [0.5, 0.6) is 5.75 Å². The van der Waals surface area contributed by atoms with Crippen LogP contribution >= 0.6 is 11.6 Å². The van der Waals surface area contributed by atoms with E-state index in [1.807, 2.05) is 0 Å². The summed E-state index contributed by atoms with van der Waals surface area (Å²) in [4.78, 5) is 22.9. The molecule has 0 saturated heterocycles. The largest absolute Gasteiger partial charge is 0.481 e. The molecule has 20 heavy (non-hydrogen) atoms. The van der Waals surface area contributed by atoms with E-state index in [-0.39, 0.29) is 6.61 Å². The first kappa shape index (κ1) is 16.3. The molecule has 6 nitrogen and oxygen atoms in total. The van der Waals surface area contributed by atoms with Crippen molar-refractivity contribution in [2.45, 2.75) is 20.0 Å². The molecule has 0 spiro atoms. The van der Waals surface area contributed by atoms with Crippen LogP contribution in [0.2, 0.25) is 5.02 Å². The molecule has 1 aromatic rings. The third-order valence-corrected chi connectivity index (χ3v) is 2.51. The van der Waals surface area contributed by atoms with Gasteiger partial charge in [-0.15, -0.1) is 0 Å². The van der Waals surface area contributed by atoms with Crippen molar-refractivity contribution >= 4 is 23.4 Å².